The van der Waals surface area contributed by atoms with E-state index in [1.807, 2.05) is 7.05 Å². The van der Waals surface area contributed by atoms with Gasteiger partial charge in [-0.25, -0.2) is 0 Å². The van der Waals surface area contributed by atoms with Crippen LogP contribution < -0.4 is 5.32 Å². The normalized spacial score (nSPS) is 24.6. The van der Waals surface area contributed by atoms with Gasteiger partial charge in [0.15, 0.2) is 0 Å². The Kier molecular flexibility index (Phi) is 8.11. The van der Waals surface area contributed by atoms with Crippen molar-refractivity contribution in [3.8, 4) is 0 Å². The van der Waals surface area contributed by atoms with Crippen molar-refractivity contribution in [2.24, 2.45) is 11.8 Å². The van der Waals surface area contributed by atoms with Crippen molar-refractivity contribution in [3.63, 3.8) is 0 Å². The molecule has 3 rings (SSSR count). The van der Waals surface area contributed by atoms with E-state index in [0.717, 1.165) is 21.7 Å². The monoisotopic (exact) mass is 601 g/mol. The van der Waals surface area contributed by atoms with E-state index >= 15 is 0 Å². The Morgan fingerprint density at radius 3 is 2.39 bits per heavy atom. The van der Waals surface area contributed by atoms with Crippen LogP contribution in [0, 0.1) is 25.7 Å². The van der Waals surface area contributed by atoms with Crippen LogP contribution in [-0.4, -0.2) is 11.0 Å². The molecule has 2 aromatic rings. The average molecular weight is 601 g/mol. The zero-order valence-corrected chi connectivity index (χ0v) is 21.8. The molecule has 1 nitrogen and oxygen atoms in total. The van der Waals surface area contributed by atoms with Crippen molar-refractivity contribution in [2.75, 3.05) is 12.4 Å². The van der Waals surface area contributed by atoms with Crippen LogP contribution in [0.1, 0.15) is 64.7 Å². The third-order valence-electron chi connectivity index (χ3n) is 6.47. The van der Waals surface area contributed by atoms with E-state index in [-0.39, 0.29) is 0 Å². The summed E-state index contributed by atoms with van der Waals surface area (Å²) in [7, 11) is 2.03. The van der Waals surface area contributed by atoms with Crippen LogP contribution in [0.15, 0.2) is 42.5 Å². The van der Waals surface area contributed by atoms with Crippen molar-refractivity contribution < 1.29 is 0 Å². The summed E-state index contributed by atoms with van der Waals surface area (Å²) in [5.41, 5.74) is 7.14. The molecule has 0 aromatic heterocycles. The summed E-state index contributed by atoms with van der Waals surface area (Å²) in [5.74, 6) is 2.29. The van der Waals surface area contributed by atoms with Gasteiger partial charge in [0.2, 0.25) is 0 Å². The molecule has 0 radical (unpaired) electrons. The molecular weight excluding hydrogens is 568 g/mol. The molecule has 1 aliphatic rings. The summed E-state index contributed by atoms with van der Waals surface area (Å²) in [4.78, 5) is 0. The zero-order chi connectivity index (χ0) is 20.3. The van der Waals surface area contributed by atoms with Gasteiger partial charge >= 0.3 is 0 Å². The molecule has 0 heterocycles. The quantitative estimate of drug-likeness (QED) is 0.260. The smallest absolute Gasteiger partial charge is 0.0391 e. The summed E-state index contributed by atoms with van der Waals surface area (Å²) in [6.07, 6.45) is 5.34. The number of benzene rings is 2. The Morgan fingerprint density at radius 2 is 1.75 bits per heavy atom. The molecule has 0 spiro atoms. The number of hydrogen-bond donors (Lipinski definition) is 1. The lowest BCUT2D eigenvalue weighted by Crippen LogP contribution is -2.27. The van der Waals surface area contributed by atoms with Crippen molar-refractivity contribution in [2.45, 2.75) is 60.2 Å². The first-order valence-electron chi connectivity index (χ1n) is 10.5. The fourth-order valence-corrected chi connectivity index (χ4v) is 7.05. The first kappa shape index (κ1) is 22.4. The molecule has 5 atom stereocenters. The van der Waals surface area contributed by atoms with Crippen LogP contribution in [0.2, 0.25) is 0 Å². The van der Waals surface area contributed by atoms with Crippen molar-refractivity contribution in [1.29, 1.82) is 0 Å². The number of aryl methyl sites for hydroxylation is 2. The summed E-state index contributed by atoms with van der Waals surface area (Å²) in [6, 6.07) is 16.0. The molecule has 152 valence electrons. The number of nitrogens with one attached hydrogen (secondary N) is 1. The maximum Gasteiger partial charge on any atom is 0.0391 e. The van der Waals surface area contributed by atoms with Gasteiger partial charge in [-0.2, -0.15) is 0 Å². The SMILES string of the molecule is CNc1cc(C(I)C2CCC(c3ccccc3)C(C[C@H](C)I)C2)c(C)cc1C. The minimum atomic E-state index is 0.592. The molecular formula is C25H33I2N. The molecule has 3 heteroatoms. The molecule has 2 aromatic carbocycles. The van der Waals surface area contributed by atoms with Crippen molar-refractivity contribution >= 4 is 50.9 Å². The van der Waals surface area contributed by atoms with Gasteiger partial charge < -0.3 is 5.32 Å². The first-order chi connectivity index (χ1) is 13.4. The lowest BCUT2D eigenvalue weighted by Gasteiger charge is -2.39. The van der Waals surface area contributed by atoms with Crippen LogP contribution >= 0.6 is 45.2 Å². The Bertz CT molecular complexity index is 772. The van der Waals surface area contributed by atoms with Crippen LogP contribution in [0.4, 0.5) is 5.69 Å². The fraction of sp³-hybridized carbons (Fsp3) is 0.520. The lowest BCUT2D eigenvalue weighted by molar-refractivity contribution is 0.221. The number of hydrogen-bond acceptors (Lipinski definition) is 1. The second-order valence-corrected chi connectivity index (χ2v) is 12.0. The average Bonchev–Trinajstić information content (AvgIpc) is 2.68. The zero-order valence-electron chi connectivity index (χ0n) is 17.5. The minimum absolute atomic E-state index is 0.592. The van der Waals surface area contributed by atoms with E-state index in [0.29, 0.717) is 3.92 Å². The topological polar surface area (TPSA) is 12.0 Å². The Hall–Kier alpha value is -0.300. The van der Waals surface area contributed by atoms with Gasteiger partial charge in [0.05, 0.1) is 0 Å². The van der Waals surface area contributed by atoms with E-state index in [2.05, 4.69) is 114 Å². The predicted molar refractivity (Wildman–Crippen MR) is 140 cm³/mol. The molecule has 4 unspecified atom stereocenters. The summed E-state index contributed by atoms with van der Waals surface area (Å²) in [5, 5.41) is 3.38. The number of rotatable bonds is 6. The Balaban J connectivity index is 1.82. The van der Waals surface area contributed by atoms with Gasteiger partial charge in [-0.15, -0.1) is 0 Å². The highest BCUT2D eigenvalue weighted by molar-refractivity contribution is 14.1. The first-order valence-corrected chi connectivity index (χ1v) is 13.0. The second-order valence-electron chi connectivity index (χ2n) is 8.54. The number of anilines is 1. The summed E-state index contributed by atoms with van der Waals surface area (Å²) in [6.45, 7) is 6.86. The highest BCUT2D eigenvalue weighted by Crippen LogP contribution is 2.50. The Labute approximate surface area is 198 Å². The van der Waals surface area contributed by atoms with Crippen molar-refractivity contribution in [3.05, 3.63) is 64.7 Å². The van der Waals surface area contributed by atoms with E-state index in [9.17, 15) is 0 Å². The molecule has 1 N–H and O–H groups in total. The van der Waals surface area contributed by atoms with Crippen LogP contribution in [0.3, 0.4) is 0 Å². The lowest BCUT2D eigenvalue weighted by atomic mass is 9.68. The van der Waals surface area contributed by atoms with Gasteiger partial charge in [-0.1, -0.05) is 88.5 Å². The van der Waals surface area contributed by atoms with E-state index in [1.165, 1.54) is 48.1 Å². The third kappa shape index (κ3) is 5.24. The second kappa shape index (κ2) is 10.1. The highest BCUT2D eigenvalue weighted by Gasteiger charge is 2.35. The molecule has 1 fully saturated rings. The summed E-state index contributed by atoms with van der Waals surface area (Å²) < 4.78 is 1.33. The third-order valence-corrected chi connectivity index (χ3v) is 8.67. The predicted octanol–water partition coefficient (Wildman–Crippen LogP) is 8.23. The maximum atomic E-state index is 3.38. The molecule has 0 amide bonds. The molecule has 0 aliphatic heterocycles. The van der Waals surface area contributed by atoms with Gasteiger partial charge in [0.1, 0.15) is 0 Å². The maximum absolute atomic E-state index is 3.38. The fourth-order valence-electron chi connectivity index (χ4n) is 5.07. The van der Waals surface area contributed by atoms with Gasteiger partial charge in [0, 0.05) is 20.6 Å². The van der Waals surface area contributed by atoms with Crippen LogP contribution in [0.25, 0.3) is 0 Å². The van der Waals surface area contributed by atoms with Gasteiger partial charge in [0.25, 0.3) is 0 Å². The van der Waals surface area contributed by atoms with Crippen molar-refractivity contribution in [1.82, 2.24) is 0 Å². The van der Waals surface area contributed by atoms with Gasteiger partial charge in [-0.3, -0.25) is 0 Å². The number of halogens is 2. The largest absolute Gasteiger partial charge is 0.388 e. The summed E-state index contributed by atoms with van der Waals surface area (Å²) >= 11 is 5.35. The van der Waals surface area contributed by atoms with E-state index in [1.54, 1.807) is 5.56 Å². The number of alkyl halides is 2. The molecule has 0 saturated heterocycles. The van der Waals surface area contributed by atoms with Crippen LogP contribution in [-0.2, 0) is 0 Å². The minimum Gasteiger partial charge on any atom is -0.388 e. The molecule has 1 aliphatic carbocycles. The molecule has 1 saturated carbocycles. The van der Waals surface area contributed by atoms with Gasteiger partial charge in [-0.05, 0) is 85.6 Å². The van der Waals surface area contributed by atoms with E-state index < -0.39 is 0 Å². The highest BCUT2D eigenvalue weighted by atomic mass is 127. The van der Waals surface area contributed by atoms with E-state index in [4.69, 9.17) is 0 Å². The molecule has 0 bridgehead atoms. The molecule has 28 heavy (non-hydrogen) atoms. The standard InChI is InChI=1S/C25H33I2N/c1-16-12-17(2)24(28-4)15-23(16)25(27)20-10-11-22(19-8-6-5-7-9-19)21(14-20)13-18(3)26/h5-9,12,15,18,20-22,25,28H,10-11,13-14H2,1-4H3/t18-,20?,21?,22?,25?/m0/s1. The Morgan fingerprint density at radius 1 is 1.04 bits per heavy atom. The van der Waals surface area contributed by atoms with Crippen LogP contribution in [0.5, 0.6) is 0 Å².